The van der Waals surface area contributed by atoms with E-state index in [4.69, 9.17) is 9.47 Å². The molecule has 3 unspecified atom stereocenters. The Morgan fingerprint density at radius 2 is 0.991 bits per heavy atom. The molecule has 0 amide bonds. The molecule has 0 radical (unpaired) electrons. The van der Waals surface area contributed by atoms with Crippen molar-refractivity contribution >= 4 is 139 Å². The van der Waals surface area contributed by atoms with Crippen molar-refractivity contribution in [3.63, 3.8) is 0 Å². The van der Waals surface area contributed by atoms with Gasteiger partial charge in [0.1, 0.15) is 24.0 Å². The number of carbonyl (C=O) groups excluding carboxylic acids is 4. The van der Waals surface area contributed by atoms with Gasteiger partial charge in [-0.2, -0.15) is 70.2 Å². The second kappa shape index (κ2) is 44.1. The zero-order valence-electron chi connectivity index (χ0n) is 56.5. The lowest BCUT2D eigenvalue weighted by molar-refractivity contribution is -0.291. The van der Waals surface area contributed by atoms with E-state index < -0.39 is 144 Å². The number of likely N-dealkylation sites (tertiary alicyclic amines) is 1. The minimum absolute atomic E-state index is 0.0248. The molecule has 3 atom stereocenters. The van der Waals surface area contributed by atoms with Crippen LogP contribution in [0.25, 0.3) is 0 Å². The van der Waals surface area contributed by atoms with Crippen molar-refractivity contribution in [3.05, 3.63) is 137 Å². The molecule has 2 aliphatic carbocycles. The quantitative estimate of drug-likeness (QED) is 0.0221. The van der Waals surface area contributed by atoms with E-state index in [1.165, 1.54) is 63.3 Å². The SMILES string of the molecule is CC(=O)OC(C)CN1CCC(CC(OC(=O)C(F)(F)F)C(F)(F)F)CC1.O=C(OC(CC1CCCCC1)C(F)(F)C(F)(F)CC(F)(F)F)c1ccccc1.O=C(OCCC1CCCCC1)c1ccc(C(F)(F)F)cc1.[O-]c1c(Br)cc(Br)cc1Br.[O-]c1c(F)c(F)c(F)c(F)c1F.[O-]c1c(I)c(O)c(I)c(O)c1I. The van der Waals surface area contributed by atoms with Gasteiger partial charge in [0.15, 0.2) is 41.3 Å². The van der Waals surface area contributed by atoms with Gasteiger partial charge in [0.2, 0.25) is 0 Å². The third-order valence-corrected chi connectivity index (χ3v) is 20.8. The number of phenols is 2. The first-order valence-electron chi connectivity index (χ1n) is 32.1. The second-order valence-electron chi connectivity index (χ2n) is 24.5. The number of hydrogen-bond donors (Lipinski definition) is 2. The molecule has 1 saturated heterocycles. The van der Waals surface area contributed by atoms with Crippen LogP contribution in [-0.2, 0) is 34.7 Å². The van der Waals surface area contributed by atoms with Crippen LogP contribution >= 0.6 is 116 Å². The summed E-state index contributed by atoms with van der Waals surface area (Å²) in [6.45, 7) is 4.52. The molecule has 5 aromatic carbocycles. The number of ether oxygens (including phenoxy) is 4. The maximum atomic E-state index is 14.5. The molecular weight excluding hydrogens is 2060 g/mol. The fourth-order valence-electron chi connectivity index (χ4n) is 10.6. The van der Waals surface area contributed by atoms with Crippen molar-refractivity contribution in [2.24, 2.45) is 17.8 Å². The molecule has 0 spiro atoms. The van der Waals surface area contributed by atoms with Crippen molar-refractivity contribution in [1.29, 1.82) is 0 Å². The number of hydrogen-bond acceptors (Lipinski definition) is 14. The third-order valence-electron chi connectivity index (χ3n) is 16.1. The van der Waals surface area contributed by atoms with Crippen molar-refractivity contribution in [2.45, 2.75) is 171 Å². The first kappa shape index (κ1) is 98.3. The monoisotopic (exact) mass is 2120 g/mol. The van der Waals surface area contributed by atoms with Crippen LogP contribution in [0.3, 0.4) is 0 Å². The third kappa shape index (κ3) is 32.5. The molecule has 3 fully saturated rings. The Kier molecular flexibility index (Phi) is 39.8. The van der Waals surface area contributed by atoms with Crippen LogP contribution in [-0.4, -0.2) is 114 Å². The predicted molar refractivity (Wildman–Crippen MR) is 379 cm³/mol. The van der Waals surface area contributed by atoms with Crippen molar-refractivity contribution < 1.29 is 156 Å². The predicted octanol–water partition coefficient (Wildman–Crippen LogP) is 20.8. The Morgan fingerprint density at radius 3 is 1.43 bits per heavy atom. The van der Waals surface area contributed by atoms with Crippen LogP contribution < -0.4 is 15.3 Å². The van der Waals surface area contributed by atoms with E-state index in [2.05, 4.69) is 57.3 Å². The number of nitrogens with zero attached hydrogens (tertiary/aromatic N) is 1. The molecule has 5 aromatic rings. The van der Waals surface area contributed by atoms with E-state index in [0.29, 0.717) is 83.2 Å². The van der Waals surface area contributed by atoms with Crippen LogP contribution in [0.5, 0.6) is 28.7 Å². The molecule has 41 heteroatoms. The highest BCUT2D eigenvalue weighted by Gasteiger charge is 2.66. The number of phenolic OH excluding ortho intramolecular Hbond substituents is 2. The van der Waals surface area contributed by atoms with Gasteiger partial charge in [0.25, 0.3) is 0 Å². The zero-order valence-corrected chi connectivity index (χ0v) is 67.7. The van der Waals surface area contributed by atoms with E-state index >= 15 is 0 Å². The molecule has 14 nitrogen and oxygen atoms in total. The zero-order chi connectivity index (χ0) is 83.1. The average molecular weight is 2120 g/mol. The molecule has 0 bridgehead atoms. The van der Waals surface area contributed by atoms with Gasteiger partial charge in [0, 0.05) is 34.0 Å². The van der Waals surface area contributed by atoms with Crippen molar-refractivity contribution in [2.75, 3.05) is 26.2 Å². The standard InChI is InChI=1S/C19H21F7O2.C16H19F3O2.C15H21F6NO4.C6H3Br3O.C6HF5O.C6H3I3O3/c20-17(21,12-18(22,23)24)19(25,26)15(11-13-7-3-1-4-8-13)28-16(27)14-9-5-2-6-10-14;17-16(18,19)14-8-6-13(7-9-14)15(20)21-11-10-12-4-2-1-3-5-12;1-9(25-10(2)23)8-22-5-3-11(4-6-22)7-12(14(16,17)18)26-13(24)15(19,20)21;7-3-1-4(8)6(10)5(9)2-3;7-1-2(8)4(10)6(12)5(11)3(1)9;7-1-4(10)2(8)6(12)3(9)5(1)11/h2,5-6,9-10,13,15H,1,3-4,7-8,11-12H2;6-9,12H,1-5,10-11H2;9,11-12H,3-8H2,1-2H3;1-2,10H;12H;10-12H/p-3. The number of piperidine rings is 1. The van der Waals surface area contributed by atoms with Crippen LogP contribution in [0.4, 0.5) is 92.2 Å². The summed E-state index contributed by atoms with van der Waals surface area (Å²) >= 11 is 14.8. The van der Waals surface area contributed by atoms with Crippen LogP contribution in [0, 0.1) is 57.6 Å². The van der Waals surface area contributed by atoms with Crippen molar-refractivity contribution in [3.8, 4) is 28.7 Å². The first-order valence-corrected chi connectivity index (χ1v) is 37.8. The molecule has 612 valence electrons. The fraction of sp³-hybridized carbons (Fsp3) is 0.500. The summed E-state index contributed by atoms with van der Waals surface area (Å²) in [6, 6.07) is 14.4. The van der Waals surface area contributed by atoms with Crippen LogP contribution in [0.15, 0.2) is 80.1 Å². The number of benzene rings is 5. The molecular formula is C68H65Br3F21I3NO13-3. The van der Waals surface area contributed by atoms with Crippen molar-refractivity contribution in [1.82, 2.24) is 4.90 Å². The van der Waals surface area contributed by atoms with Gasteiger partial charge >= 0.3 is 60.4 Å². The Balaban J connectivity index is 0.000000352. The van der Waals surface area contributed by atoms with Gasteiger partial charge in [0.05, 0.1) is 26.9 Å². The summed E-state index contributed by atoms with van der Waals surface area (Å²) in [4.78, 5) is 47.4. The minimum Gasteiger partial charge on any atom is -0.871 e. The number of carbonyl (C=O) groups is 4. The normalized spacial score (nSPS) is 15.7. The molecule has 1 heterocycles. The number of esters is 4. The summed E-state index contributed by atoms with van der Waals surface area (Å²) in [6.07, 6.45) is -19.8. The number of alkyl halides is 16. The number of aromatic hydroxyl groups is 2. The summed E-state index contributed by atoms with van der Waals surface area (Å²) in [5, 5.41) is 51.0. The lowest BCUT2D eigenvalue weighted by atomic mass is 9.83. The van der Waals surface area contributed by atoms with Crippen LogP contribution in [0.2, 0.25) is 0 Å². The molecule has 1 aliphatic heterocycles. The second-order valence-corrected chi connectivity index (χ2v) is 30.4. The Labute approximate surface area is 675 Å². The van der Waals surface area contributed by atoms with Gasteiger partial charge in [-0.25, -0.2) is 36.3 Å². The van der Waals surface area contributed by atoms with E-state index in [-0.39, 0.29) is 47.4 Å². The number of rotatable bonds is 17. The highest BCUT2D eigenvalue weighted by atomic mass is 127. The highest BCUT2D eigenvalue weighted by Crippen LogP contribution is 2.48. The van der Waals surface area contributed by atoms with E-state index in [1.54, 1.807) is 92.9 Å². The minimum atomic E-state index is -5.49. The Bertz CT molecular complexity index is 3470. The topological polar surface area (TPSA) is 218 Å². The smallest absolute Gasteiger partial charge is 0.490 e. The maximum Gasteiger partial charge on any atom is 0.490 e. The lowest BCUT2D eigenvalue weighted by Crippen LogP contribution is -2.53. The van der Waals surface area contributed by atoms with Gasteiger partial charge in [-0.05, 0) is 192 Å². The van der Waals surface area contributed by atoms with Gasteiger partial charge in [-0.15, -0.1) is 0 Å². The lowest BCUT2D eigenvalue weighted by Gasteiger charge is -2.35. The molecule has 8 rings (SSSR count). The largest absolute Gasteiger partial charge is 0.871 e. The molecule has 3 aliphatic rings. The molecule has 0 aromatic heterocycles. The average Bonchev–Trinajstić information content (AvgIpc) is 0.780. The maximum absolute atomic E-state index is 14.5. The summed E-state index contributed by atoms with van der Waals surface area (Å²) in [7, 11) is 0. The molecule has 2 N–H and O–H groups in total. The molecule has 2 saturated carbocycles. The highest BCUT2D eigenvalue weighted by molar-refractivity contribution is 14.1. The number of halogens is 27. The van der Waals surface area contributed by atoms with Gasteiger partial charge in [-0.3, -0.25) is 9.69 Å². The Hall–Kier alpha value is -4.90. The van der Waals surface area contributed by atoms with E-state index in [0.717, 1.165) is 41.6 Å². The van der Waals surface area contributed by atoms with Gasteiger partial charge < -0.3 is 44.5 Å². The van der Waals surface area contributed by atoms with Gasteiger partial charge in [-0.1, -0.05) is 142 Å². The van der Waals surface area contributed by atoms with Crippen LogP contribution in [0.1, 0.15) is 143 Å². The summed E-state index contributed by atoms with van der Waals surface area (Å²) in [5.74, 6) is -30.2. The summed E-state index contributed by atoms with van der Waals surface area (Å²) in [5.41, 5.74) is -0.751. The molecule has 109 heavy (non-hydrogen) atoms. The fourth-order valence-corrected chi connectivity index (χ4v) is 16.0. The Morgan fingerprint density at radius 1 is 0.550 bits per heavy atom. The summed E-state index contributed by atoms with van der Waals surface area (Å²) < 4.78 is 288. The first-order chi connectivity index (χ1) is 50.2. The van der Waals surface area contributed by atoms with E-state index in [1.807, 2.05) is 4.90 Å². The van der Waals surface area contributed by atoms with E-state index in [9.17, 15) is 137 Å².